The molecule has 5 rings (SSSR count). The minimum atomic E-state index is -1.78. The number of aromatic hydroxyl groups is 3. The Morgan fingerprint density at radius 1 is 0.732 bits per heavy atom. The van der Waals surface area contributed by atoms with E-state index in [4.69, 9.17) is 8.83 Å². The van der Waals surface area contributed by atoms with E-state index in [1.165, 1.54) is 0 Å². The van der Waals surface area contributed by atoms with Crippen LogP contribution in [0.5, 0.6) is 17.2 Å². The Balaban J connectivity index is 2.06. The molecule has 0 aliphatic heterocycles. The van der Waals surface area contributed by atoms with Crippen LogP contribution in [0.15, 0.2) is 49.0 Å². The summed E-state index contributed by atoms with van der Waals surface area (Å²) in [7, 11) is 0. The zero-order valence-electron chi connectivity index (χ0n) is 20.9. The molecule has 2 heterocycles. The lowest BCUT2D eigenvalue weighted by Gasteiger charge is -2.16. The van der Waals surface area contributed by atoms with E-state index in [1.807, 2.05) is 0 Å². The number of hydrogen-bond donors (Lipinski definition) is 5. The SMILES string of the molecule is CC(=O)c1cc2c(=O)c3c(C(=O)O)c(O)c(O)cc3oc2c(C(C)=O)c1-c1coc2ccc(O)c(C(=O)O)c2c1=O. The summed E-state index contributed by atoms with van der Waals surface area (Å²) in [5.41, 5.74) is -6.87. The van der Waals surface area contributed by atoms with Gasteiger partial charge in [-0.15, -0.1) is 0 Å². The number of benzene rings is 3. The number of ketones is 2. The summed E-state index contributed by atoms with van der Waals surface area (Å²) < 4.78 is 11.2. The van der Waals surface area contributed by atoms with E-state index in [-0.39, 0.29) is 16.7 Å². The van der Waals surface area contributed by atoms with Gasteiger partial charge in [0.25, 0.3) is 0 Å². The number of phenols is 3. The third kappa shape index (κ3) is 3.78. The number of carboxylic acid groups (broad SMARTS) is 2. The van der Waals surface area contributed by atoms with E-state index < -0.39 is 101 Å². The number of carboxylic acids is 2. The minimum Gasteiger partial charge on any atom is -0.507 e. The fraction of sp³-hybridized carbons (Fsp3) is 0.0714. The molecule has 5 aromatic rings. The monoisotopic (exact) mass is 560 g/mol. The fourth-order valence-electron chi connectivity index (χ4n) is 4.82. The van der Waals surface area contributed by atoms with Crippen LogP contribution in [-0.2, 0) is 0 Å². The third-order valence-electron chi connectivity index (χ3n) is 6.56. The lowest BCUT2D eigenvalue weighted by Crippen LogP contribution is -2.16. The van der Waals surface area contributed by atoms with Gasteiger partial charge in [-0.05, 0) is 32.0 Å². The lowest BCUT2D eigenvalue weighted by molar-refractivity contribution is 0.0684. The Bertz CT molecular complexity index is 2180. The number of hydrogen-bond acceptors (Lipinski definition) is 11. The molecule has 0 saturated carbocycles. The van der Waals surface area contributed by atoms with Crippen LogP contribution in [0, 0.1) is 0 Å². The Kier molecular flexibility index (Phi) is 5.88. The van der Waals surface area contributed by atoms with Crippen LogP contribution in [0.2, 0.25) is 0 Å². The zero-order chi connectivity index (χ0) is 30.1. The molecule has 2 aromatic heterocycles. The predicted molar refractivity (Wildman–Crippen MR) is 140 cm³/mol. The van der Waals surface area contributed by atoms with Gasteiger partial charge in [0.2, 0.25) is 10.9 Å². The Labute approximate surface area is 225 Å². The van der Waals surface area contributed by atoms with Gasteiger partial charge in [-0.1, -0.05) is 0 Å². The maximum absolute atomic E-state index is 13.7. The van der Waals surface area contributed by atoms with Crippen molar-refractivity contribution in [2.24, 2.45) is 0 Å². The topological polar surface area (TPSA) is 230 Å². The van der Waals surface area contributed by atoms with Crippen molar-refractivity contribution in [1.82, 2.24) is 0 Å². The molecule has 0 aliphatic carbocycles. The van der Waals surface area contributed by atoms with Gasteiger partial charge in [-0.3, -0.25) is 19.2 Å². The largest absolute Gasteiger partial charge is 0.507 e. The first kappa shape index (κ1) is 26.6. The number of fused-ring (bicyclic) bond motifs is 3. The summed E-state index contributed by atoms with van der Waals surface area (Å²) in [6.07, 6.45) is 0.874. The van der Waals surface area contributed by atoms with E-state index in [2.05, 4.69) is 0 Å². The number of phenolic OH excluding ortho intramolecular Hbond substituents is 1. The molecule has 0 amide bonds. The van der Waals surface area contributed by atoms with Gasteiger partial charge in [0.1, 0.15) is 39.9 Å². The van der Waals surface area contributed by atoms with Gasteiger partial charge < -0.3 is 34.4 Å². The highest BCUT2D eigenvalue weighted by molar-refractivity contribution is 6.18. The normalized spacial score (nSPS) is 11.3. The van der Waals surface area contributed by atoms with E-state index in [9.17, 15) is 54.3 Å². The summed E-state index contributed by atoms with van der Waals surface area (Å²) in [5.74, 6) is -7.84. The number of Topliss-reactive ketones (excluding diaryl/α,β-unsaturated/α-hetero) is 2. The molecule has 13 nitrogen and oxygen atoms in total. The van der Waals surface area contributed by atoms with E-state index >= 15 is 0 Å². The van der Waals surface area contributed by atoms with Gasteiger partial charge in [-0.2, -0.15) is 0 Å². The molecular weight excluding hydrogens is 544 g/mol. The first-order valence-corrected chi connectivity index (χ1v) is 11.5. The van der Waals surface area contributed by atoms with Gasteiger partial charge in [0, 0.05) is 17.2 Å². The zero-order valence-corrected chi connectivity index (χ0v) is 20.9. The van der Waals surface area contributed by atoms with Crippen molar-refractivity contribution in [3.8, 4) is 28.4 Å². The average molecular weight is 560 g/mol. The molecule has 0 aliphatic rings. The summed E-state index contributed by atoms with van der Waals surface area (Å²) >= 11 is 0. The molecule has 0 spiro atoms. The minimum absolute atomic E-state index is 0.225. The lowest BCUT2D eigenvalue weighted by atomic mass is 9.88. The molecule has 0 fully saturated rings. The Morgan fingerprint density at radius 3 is 1.95 bits per heavy atom. The number of rotatable bonds is 5. The first-order valence-electron chi connectivity index (χ1n) is 11.5. The summed E-state index contributed by atoms with van der Waals surface area (Å²) in [6, 6.07) is 3.87. The maximum Gasteiger partial charge on any atom is 0.340 e. The van der Waals surface area contributed by atoms with Crippen molar-refractivity contribution in [2.45, 2.75) is 13.8 Å². The van der Waals surface area contributed by atoms with Gasteiger partial charge >= 0.3 is 11.9 Å². The highest BCUT2D eigenvalue weighted by Crippen LogP contribution is 2.39. The van der Waals surface area contributed by atoms with E-state index in [1.54, 1.807) is 0 Å². The molecule has 0 bridgehead atoms. The van der Waals surface area contributed by atoms with Gasteiger partial charge in [0.05, 0.1) is 27.3 Å². The van der Waals surface area contributed by atoms with Crippen LogP contribution >= 0.6 is 0 Å². The molecular formula is C28H16O13. The Morgan fingerprint density at radius 2 is 1.37 bits per heavy atom. The highest BCUT2D eigenvalue weighted by Gasteiger charge is 2.30. The highest BCUT2D eigenvalue weighted by atomic mass is 16.4. The summed E-state index contributed by atoms with van der Waals surface area (Å²) in [5, 5.41) is 47.8. The second-order valence-corrected chi connectivity index (χ2v) is 9.01. The molecule has 0 radical (unpaired) electrons. The summed E-state index contributed by atoms with van der Waals surface area (Å²) in [6.45, 7) is 2.08. The number of carbonyl (C=O) groups is 4. The van der Waals surface area contributed by atoms with Crippen molar-refractivity contribution in [3.63, 3.8) is 0 Å². The molecule has 41 heavy (non-hydrogen) atoms. The maximum atomic E-state index is 13.7. The quantitative estimate of drug-likeness (QED) is 0.118. The number of aromatic carboxylic acids is 2. The van der Waals surface area contributed by atoms with Crippen molar-refractivity contribution in [3.05, 3.63) is 73.2 Å². The van der Waals surface area contributed by atoms with Crippen LogP contribution in [0.1, 0.15) is 55.3 Å². The van der Waals surface area contributed by atoms with Crippen LogP contribution in [0.4, 0.5) is 0 Å². The smallest absolute Gasteiger partial charge is 0.340 e. The van der Waals surface area contributed by atoms with E-state index in [0.29, 0.717) is 0 Å². The molecule has 5 N–H and O–H groups in total. The second-order valence-electron chi connectivity index (χ2n) is 9.01. The van der Waals surface area contributed by atoms with Crippen LogP contribution < -0.4 is 10.9 Å². The number of carbonyl (C=O) groups excluding carboxylic acids is 2. The summed E-state index contributed by atoms with van der Waals surface area (Å²) in [4.78, 5) is 76.9. The van der Waals surface area contributed by atoms with Gasteiger partial charge in [0.15, 0.2) is 23.1 Å². The second kappa shape index (κ2) is 9.05. The predicted octanol–water partition coefficient (Wildman–Crippen LogP) is 3.64. The first-order chi connectivity index (χ1) is 19.3. The average Bonchev–Trinajstić information content (AvgIpc) is 2.88. The van der Waals surface area contributed by atoms with E-state index in [0.717, 1.165) is 44.4 Å². The molecule has 3 aromatic carbocycles. The van der Waals surface area contributed by atoms with Crippen molar-refractivity contribution in [2.75, 3.05) is 0 Å². The third-order valence-corrected chi connectivity index (χ3v) is 6.56. The van der Waals surface area contributed by atoms with Crippen LogP contribution in [-0.4, -0.2) is 49.0 Å². The van der Waals surface area contributed by atoms with Crippen LogP contribution in [0.3, 0.4) is 0 Å². The van der Waals surface area contributed by atoms with Gasteiger partial charge in [-0.25, -0.2) is 9.59 Å². The molecule has 0 unspecified atom stereocenters. The Hall–Kier alpha value is -5.98. The molecule has 206 valence electrons. The molecule has 0 saturated heterocycles. The molecule has 0 atom stereocenters. The fourth-order valence-corrected chi connectivity index (χ4v) is 4.82. The molecule has 13 heteroatoms. The standard InChI is InChI=1S/C28H16O13/c1-8(29)10-5-11-23(33)21-16(6-14(32)25(35)22(21)28(38)39)41-26(11)17(9(2)30)18(10)12-7-40-15-4-3-13(31)19(27(36)37)20(15)24(12)34/h3-7,31-32,35H,1-2H3,(H,36,37)(H,38,39). The van der Waals surface area contributed by atoms with Crippen molar-refractivity contribution >= 4 is 56.4 Å². The van der Waals surface area contributed by atoms with Crippen molar-refractivity contribution in [1.29, 1.82) is 0 Å². The van der Waals surface area contributed by atoms with Crippen molar-refractivity contribution < 1.29 is 53.5 Å². The van der Waals surface area contributed by atoms with Crippen LogP contribution in [0.25, 0.3) is 44.0 Å².